The van der Waals surface area contributed by atoms with E-state index in [9.17, 15) is 0 Å². The molecule has 0 aromatic heterocycles. The van der Waals surface area contributed by atoms with E-state index in [1.165, 1.54) is 66.8 Å². The molecule has 4 aromatic carbocycles. The first-order chi connectivity index (χ1) is 17.6. The summed E-state index contributed by atoms with van der Waals surface area (Å²) in [4.78, 5) is 4.94. The molecule has 0 bridgehead atoms. The first kappa shape index (κ1) is 25.0. The maximum atomic E-state index is 4.94. The van der Waals surface area contributed by atoms with Crippen molar-refractivity contribution >= 4 is 5.71 Å². The summed E-state index contributed by atoms with van der Waals surface area (Å²) in [5.41, 5.74) is 16.9. The van der Waals surface area contributed by atoms with E-state index in [0.29, 0.717) is 0 Å². The maximum absolute atomic E-state index is 4.94. The molecule has 1 aliphatic carbocycles. The lowest BCUT2D eigenvalue weighted by molar-refractivity contribution is 0.660. The number of aliphatic imine (C=N–C) groups is 1. The Labute approximate surface area is 222 Å². The fraction of sp³-hybridized carbons (Fsp3) is 0.250. The number of rotatable bonds is 5. The van der Waals surface area contributed by atoms with Gasteiger partial charge >= 0.3 is 0 Å². The highest BCUT2D eigenvalue weighted by atomic mass is 14.7. The Hall–Kier alpha value is -3.71. The Morgan fingerprint density at radius 2 is 1.43 bits per heavy atom. The van der Waals surface area contributed by atoms with Gasteiger partial charge in [-0.05, 0) is 96.3 Å². The van der Waals surface area contributed by atoms with Crippen molar-refractivity contribution in [2.24, 2.45) is 4.99 Å². The molecule has 0 fully saturated rings. The predicted molar refractivity (Wildman–Crippen MR) is 160 cm³/mol. The van der Waals surface area contributed by atoms with Crippen LogP contribution >= 0.6 is 0 Å². The third kappa shape index (κ3) is 4.71. The van der Waals surface area contributed by atoms with Gasteiger partial charge in [0.1, 0.15) is 0 Å². The minimum absolute atomic E-state index is 0.00978. The van der Waals surface area contributed by atoms with Gasteiger partial charge in [0.05, 0.1) is 5.71 Å². The number of allylic oxidation sites excluding steroid dienone is 1. The minimum atomic E-state index is 0.00978. The van der Waals surface area contributed by atoms with Crippen LogP contribution in [-0.4, -0.2) is 5.71 Å². The summed E-state index contributed by atoms with van der Waals surface area (Å²) in [6.07, 6.45) is 2.81. The van der Waals surface area contributed by atoms with Crippen LogP contribution in [0.3, 0.4) is 0 Å². The van der Waals surface area contributed by atoms with Crippen LogP contribution in [0, 0.1) is 20.8 Å². The van der Waals surface area contributed by atoms with Crippen molar-refractivity contribution in [3.05, 3.63) is 130 Å². The number of hydrogen-bond acceptors (Lipinski definition) is 1. The first-order valence-corrected chi connectivity index (χ1v) is 13.3. The van der Waals surface area contributed by atoms with E-state index in [1.807, 2.05) is 6.20 Å². The topological polar surface area (TPSA) is 12.4 Å². The van der Waals surface area contributed by atoms with Crippen molar-refractivity contribution in [3.8, 4) is 22.3 Å². The van der Waals surface area contributed by atoms with Gasteiger partial charge in [-0.25, -0.2) is 0 Å². The molecule has 4 aromatic rings. The SMILES string of the molecule is CC(C)=C/N=C(\Cc1cc(C)cc(C)c1C)c1ccc(-c2ccc3c(c2)C(C)(C)c2ccccc2-3)cc1. The van der Waals surface area contributed by atoms with E-state index in [0.717, 1.165) is 12.1 Å². The normalized spacial score (nSPS) is 13.8. The third-order valence-electron chi connectivity index (χ3n) is 7.89. The third-order valence-corrected chi connectivity index (χ3v) is 7.89. The van der Waals surface area contributed by atoms with Crippen LogP contribution < -0.4 is 0 Å². The number of hydrogen-bond donors (Lipinski definition) is 0. The summed E-state index contributed by atoms with van der Waals surface area (Å²) >= 11 is 0. The Morgan fingerprint density at radius 3 is 2.16 bits per heavy atom. The van der Waals surface area contributed by atoms with E-state index >= 15 is 0 Å². The summed E-state index contributed by atoms with van der Waals surface area (Å²) in [6, 6.07) is 29.3. The van der Waals surface area contributed by atoms with Gasteiger partial charge in [0.25, 0.3) is 0 Å². The number of aryl methyl sites for hydroxylation is 2. The zero-order valence-corrected chi connectivity index (χ0v) is 23.2. The van der Waals surface area contributed by atoms with E-state index in [-0.39, 0.29) is 5.41 Å². The molecule has 0 unspecified atom stereocenters. The van der Waals surface area contributed by atoms with Gasteiger partial charge in [-0.2, -0.15) is 0 Å². The van der Waals surface area contributed by atoms with Gasteiger partial charge in [0.15, 0.2) is 0 Å². The lowest BCUT2D eigenvalue weighted by atomic mass is 9.81. The largest absolute Gasteiger partial charge is 0.260 e. The highest BCUT2D eigenvalue weighted by molar-refractivity contribution is 6.02. The molecule has 0 amide bonds. The fourth-order valence-corrected chi connectivity index (χ4v) is 5.66. The van der Waals surface area contributed by atoms with Crippen molar-refractivity contribution in [1.29, 1.82) is 0 Å². The fourth-order valence-electron chi connectivity index (χ4n) is 5.66. The summed E-state index contributed by atoms with van der Waals surface area (Å²) in [7, 11) is 0. The zero-order valence-electron chi connectivity index (χ0n) is 23.2. The lowest BCUT2D eigenvalue weighted by Crippen LogP contribution is -2.14. The molecule has 1 heteroatoms. The number of benzene rings is 4. The second-order valence-corrected chi connectivity index (χ2v) is 11.3. The average molecular weight is 484 g/mol. The second kappa shape index (κ2) is 9.63. The Kier molecular flexibility index (Phi) is 6.50. The molecule has 0 spiro atoms. The number of fused-ring (bicyclic) bond motifs is 3. The molecular formula is C36H37N. The monoisotopic (exact) mass is 483 g/mol. The molecule has 0 heterocycles. The highest BCUT2D eigenvalue weighted by Gasteiger charge is 2.35. The molecule has 37 heavy (non-hydrogen) atoms. The first-order valence-electron chi connectivity index (χ1n) is 13.3. The lowest BCUT2D eigenvalue weighted by Gasteiger charge is -2.22. The van der Waals surface area contributed by atoms with Gasteiger partial charge in [-0.1, -0.05) is 97.8 Å². The van der Waals surface area contributed by atoms with Crippen LogP contribution in [0.25, 0.3) is 22.3 Å². The van der Waals surface area contributed by atoms with Crippen LogP contribution in [0.2, 0.25) is 0 Å². The highest BCUT2D eigenvalue weighted by Crippen LogP contribution is 2.49. The molecule has 0 atom stereocenters. The van der Waals surface area contributed by atoms with Gasteiger partial charge in [0.2, 0.25) is 0 Å². The average Bonchev–Trinajstić information content (AvgIpc) is 3.11. The van der Waals surface area contributed by atoms with Crippen LogP contribution in [0.5, 0.6) is 0 Å². The van der Waals surface area contributed by atoms with Crippen LogP contribution in [0.1, 0.15) is 66.6 Å². The van der Waals surface area contributed by atoms with Crippen molar-refractivity contribution in [1.82, 2.24) is 0 Å². The molecule has 0 N–H and O–H groups in total. The van der Waals surface area contributed by atoms with E-state index < -0.39 is 0 Å². The molecule has 0 saturated heterocycles. The standard InChI is InChI=1S/C36H37N/c1-23(2)22-37-35(21-30-19-24(3)18-25(4)26(30)5)28-14-12-27(13-15-28)29-16-17-32-31-10-8-9-11-33(31)36(6,7)34(32)20-29/h8-20,22H,21H2,1-7H3/b37-35+. The molecular weight excluding hydrogens is 446 g/mol. The maximum Gasteiger partial charge on any atom is 0.0519 e. The smallest absolute Gasteiger partial charge is 0.0519 e. The van der Waals surface area contributed by atoms with Gasteiger partial charge in [0, 0.05) is 18.0 Å². The molecule has 5 rings (SSSR count). The Balaban J connectivity index is 1.49. The molecule has 0 aliphatic heterocycles. The summed E-state index contributed by atoms with van der Waals surface area (Å²) < 4.78 is 0. The summed E-state index contributed by atoms with van der Waals surface area (Å²) in [5, 5.41) is 0. The van der Waals surface area contributed by atoms with Crippen molar-refractivity contribution in [3.63, 3.8) is 0 Å². The molecule has 186 valence electrons. The molecule has 1 nitrogen and oxygen atoms in total. The van der Waals surface area contributed by atoms with Crippen LogP contribution in [0.15, 0.2) is 95.6 Å². The Bertz CT molecular complexity index is 1540. The minimum Gasteiger partial charge on any atom is -0.260 e. The van der Waals surface area contributed by atoms with Crippen molar-refractivity contribution in [2.45, 2.75) is 60.3 Å². The quantitative estimate of drug-likeness (QED) is 0.251. The van der Waals surface area contributed by atoms with Crippen molar-refractivity contribution in [2.75, 3.05) is 0 Å². The van der Waals surface area contributed by atoms with Gasteiger partial charge in [-0.15, -0.1) is 0 Å². The zero-order chi connectivity index (χ0) is 26.3. The molecule has 0 radical (unpaired) electrons. The van der Waals surface area contributed by atoms with Crippen LogP contribution in [-0.2, 0) is 11.8 Å². The van der Waals surface area contributed by atoms with Crippen molar-refractivity contribution < 1.29 is 0 Å². The predicted octanol–water partition coefficient (Wildman–Crippen LogP) is 9.54. The van der Waals surface area contributed by atoms with Gasteiger partial charge in [-0.3, -0.25) is 4.99 Å². The number of nitrogens with zero attached hydrogens (tertiary/aromatic N) is 1. The van der Waals surface area contributed by atoms with E-state index in [1.54, 1.807) is 0 Å². The summed E-state index contributed by atoms with van der Waals surface area (Å²) in [6.45, 7) is 15.5. The molecule has 0 saturated carbocycles. The summed E-state index contributed by atoms with van der Waals surface area (Å²) in [5.74, 6) is 0. The second-order valence-electron chi connectivity index (χ2n) is 11.3. The van der Waals surface area contributed by atoms with Crippen LogP contribution in [0.4, 0.5) is 0 Å². The Morgan fingerprint density at radius 1 is 0.757 bits per heavy atom. The van der Waals surface area contributed by atoms with E-state index in [2.05, 4.69) is 127 Å². The van der Waals surface area contributed by atoms with E-state index in [4.69, 9.17) is 4.99 Å². The van der Waals surface area contributed by atoms with Gasteiger partial charge < -0.3 is 0 Å². The molecule has 1 aliphatic rings.